The monoisotopic (exact) mass is 261 g/mol. The van der Waals surface area contributed by atoms with Gasteiger partial charge in [-0.25, -0.2) is 4.79 Å². The molecular weight excluding hydrogens is 250 g/mol. The zero-order chi connectivity index (χ0) is 13.1. The van der Waals surface area contributed by atoms with Crippen molar-refractivity contribution in [3.8, 4) is 0 Å². The van der Waals surface area contributed by atoms with E-state index in [-0.39, 0.29) is 5.56 Å². The van der Waals surface area contributed by atoms with Gasteiger partial charge in [-0.2, -0.15) is 0 Å². The lowest BCUT2D eigenvalue weighted by Gasteiger charge is -2.20. The Bertz CT molecular complexity index is 584. The van der Waals surface area contributed by atoms with Crippen LogP contribution < -0.4 is 4.90 Å². The second kappa shape index (κ2) is 5.10. The van der Waals surface area contributed by atoms with E-state index >= 15 is 0 Å². The molecule has 4 heteroatoms. The van der Waals surface area contributed by atoms with Crippen molar-refractivity contribution < 1.29 is 9.90 Å². The number of halogens is 1. The molecule has 0 heterocycles. The van der Waals surface area contributed by atoms with Crippen molar-refractivity contribution in [3.05, 3.63) is 59.1 Å². The number of para-hydroxylation sites is 1. The number of carbonyl (C=O) groups is 1. The molecule has 0 aliphatic rings. The third-order valence-electron chi connectivity index (χ3n) is 2.69. The number of carboxylic acid groups (broad SMARTS) is 1. The molecule has 3 nitrogen and oxygen atoms in total. The first-order chi connectivity index (χ1) is 8.59. The predicted octanol–water partition coefficient (Wildman–Crippen LogP) is 3.81. The van der Waals surface area contributed by atoms with E-state index in [1.54, 1.807) is 24.3 Å². The zero-order valence-corrected chi connectivity index (χ0v) is 10.6. The van der Waals surface area contributed by atoms with Crippen LogP contribution in [0.3, 0.4) is 0 Å². The Labute approximate surface area is 110 Å². The summed E-state index contributed by atoms with van der Waals surface area (Å²) in [5, 5.41) is 9.60. The Hall–Kier alpha value is -2.00. The number of carboxylic acids is 1. The lowest BCUT2D eigenvalue weighted by atomic mass is 10.2. The third-order valence-corrected chi connectivity index (χ3v) is 3.01. The highest BCUT2D eigenvalue weighted by Crippen LogP contribution is 2.30. The van der Waals surface area contributed by atoms with Crippen LogP contribution in [-0.2, 0) is 0 Å². The molecule has 0 aliphatic carbocycles. The molecule has 18 heavy (non-hydrogen) atoms. The van der Waals surface area contributed by atoms with Crippen LogP contribution in [-0.4, -0.2) is 18.1 Å². The van der Waals surface area contributed by atoms with Crippen LogP contribution in [0.25, 0.3) is 0 Å². The van der Waals surface area contributed by atoms with Gasteiger partial charge in [-0.3, -0.25) is 0 Å². The molecule has 0 saturated heterocycles. The molecule has 0 fully saturated rings. The molecule has 2 rings (SSSR count). The Morgan fingerprint density at radius 3 is 2.56 bits per heavy atom. The number of aromatic carboxylic acids is 1. The van der Waals surface area contributed by atoms with Gasteiger partial charge in [0.05, 0.1) is 16.3 Å². The third kappa shape index (κ3) is 2.46. The lowest BCUT2D eigenvalue weighted by molar-refractivity contribution is 0.0697. The molecule has 0 spiro atoms. The number of hydrogen-bond acceptors (Lipinski definition) is 2. The number of rotatable bonds is 3. The first-order valence-corrected chi connectivity index (χ1v) is 5.79. The average molecular weight is 262 g/mol. The normalized spacial score (nSPS) is 10.1. The molecule has 2 aromatic carbocycles. The maximum atomic E-state index is 10.9. The summed E-state index contributed by atoms with van der Waals surface area (Å²) >= 11 is 6.11. The second-order valence-corrected chi connectivity index (χ2v) is 4.27. The molecule has 0 aliphatic heterocycles. The van der Waals surface area contributed by atoms with Crippen LogP contribution in [0.1, 0.15) is 10.4 Å². The van der Waals surface area contributed by atoms with E-state index in [1.807, 2.05) is 36.2 Å². The summed E-state index contributed by atoms with van der Waals surface area (Å²) in [4.78, 5) is 12.8. The Morgan fingerprint density at radius 2 is 1.89 bits per heavy atom. The molecule has 0 aromatic heterocycles. The largest absolute Gasteiger partial charge is 0.478 e. The molecule has 0 bridgehead atoms. The number of nitrogens with zero attached hydrogens (tertiary/aromatic N) is 1. The summed E-state index contributed by atoms with van der Waals surface area (Å²) in [6.07, 6.45) is 0. The summed E-state index contributed by atoms with van der Waals surface area (Å²) in [6.45, 7) is 0. The van der Waals surface area contributed by atoms with Gasteiger partial charge in [0.25, 0.3) is 0 Å². The fraction of sp³-hybridized carbons (Fsp3) is 0.0714. The van der Waals surface area contributed by atoms with Gasteiger partial charge in [0.1, 0.15) is 0 Å². The zero-order valence-electron chi connectivity index (χ0n) is 9.80. The Balaban J connectivity index is 2.40. The molecular formula is C14H12ClNO2. The highest BCUT2D eigenvalue weighted by atomic mass is 35.5. The second-order valence-electron chi connectivity index (χ2n) is 3.87. The van der Waals surface area contributed by atoms with Gasteiger partial charge in [0.15, 0.2) is 0 Å². The van der Waals surface area contributed by atoms with Crippen LogP contribution in [0.5, 0.6) is 0 Å². The quantitative estimate of drug-likeness (QED) is 0.913. The first kappa shape index (κ1) is 12.5. The summed E-state index contributed by atoms with van der Waals surface area (Å²) in [5.41, 5.74) is 1.87. The van der Waals surface area contributed by atoms with Gasteiger partial charge in [-0.1, -0.05) is 29.8 Å². The van der Waals surface area contributed by atoms with Gasteiger partial charge in [-0.15, -0.1) is 0 Å². The van der Waals surface area contributed by atoms with Crippen molar-refractivity contribution in [1.29, 1.82) is 0 Å². The van der Waals surface area contributed by atoms with E-state index in [2.05, 4.69) is 0 Å². The Kier molecular flexibility index (Phi) is 3.53. The highest BCUT2D eigenvalue weighted by molar-refractivity contribution is 6.33. The maximum Gasteiger partial charge on any atom is 0.335 e. The predicted molar refractivity (Wildman–Crippen MR) is 72.9 cm³/mol. The molecule has 0 atom stereocenters. The van der Waals surface area contributed by atoms with Gasteiger partial charge < -0.3 is 10.0 Å². The fourth-order valence-corrected chi connectivity index (χ4v) is 1.97. The lowest BCUT2D eigenvalue weighted by Crippen LogP contribution is -2.10. The fourth-order valence-electron chi connectivity index (χ4n) is 1.71. The van der Waals surface area contributed by atoms with Crippen molar-refractivity contribution in [2.24, 2.45) is 0 Å². The molecule has 2 aromatic rings. The topological polar surface area (TPSA) is 40.5 Å². The molecule has 92 valence electrons. The summed E-state index contributed by atoms with van der Waals surface area (Å²) in [7, 11) is 1.85. The van der Waals surface area contributed by atoms with Gasteiger partial charge in [-0.05, 0) is 30.3 Å². The van der Waals surface area contributed by atoms with E-state index < -0.39 is 5.97 Å². The Morgan fingerprint density at radius 1 is 1.17 bits per heavy atom. The highest BCUT2D eigenvalue weighted by Gasteiger charge is 2.09. The smallest absolute Gasteiger partial charge is 0.335 e. The van der Waals surface area contributed by atoms with Crippen LogP contribution in [0.15, 0.2) is 48.5 Å². The number of hydrogen-bond donors (Lipinski definition) is 1. The van der Waals surface area contributed by atoms with Crippen LogP contribution in [0.2, 0.25) is 5.02 Å². The van der Waals surface area contributed by atoms with Crippen molar-refractivity contribution in [3.63, 3.8) is 0 Å². The van der Waals surface area contributed by atoms with Crippen LogP contribution in [0, 0.1) is 0 Å². The number of anilines is 2. The van der Waals surface area contributed by atoms with E-state index in [0.717, 1.165) is 11.4 Å². The van der Waals surface area contributed by atoms with Gasteiger partial charge in [0, 0.05) is 12.7 Å². The summed E-state index contributed by atoms with van der Waals surface area (Å²) in [5.74, 6) is -0.940. The molecule has 0 unspecified atom stereocenters. The average Bonchev–Trinajstić information content (AvgIpc) is 2.38. The summed E-state index contributed by atoms with van der Waals surface area (Å²) in [6, 6.07) is 14.2. The first-order valence-electron chi connectivity index (χ1n) is 5.41. The van der Waals surface area contributed by atoms with E-state index in [4.69, 9.17) is 16.7 Å². The summed E-state index contributed by atoms with van der Waals surface area (Å²) < 4.78 is 0. The standard InChI is InChI=1S/C14H12ClNO2/c1-16(13-8-3-2-7-12(13)15)11-6-4-5-10(9-11)14(17)18/h2-9H,1H3,(H,17,18). The minimum absolute atomic E-state index is 0.256. The molecule has 0 saturated carbocycles. The van der Waals surface area contributed by atoms with Crippen LogP contribution >= 0.6 is 11.6 Å². The van der Waals surface area contributed by atoms with Crippen molar-refractivity contribution in [2.45, 2.75) is 0 Å². The maximum absolute atomic E-state index is 10.9. The van der Waals surface area contributed by atoms with Crippen molar-refractivity contribution in [1.82, 2.24) is 0 Å². The molecule has 0 amide bonds. The SMILES string of the molecule is CN(c1cccc(C(=O)O)c1)c1ccccc1Cl. The van der Waals surface area contributed by atoms with Crippen LogP contribution in [0.4, 0.5) is 11.4 Å². The van der Waals surface area contributed by atoms with Crippen molar-refractivity contribution in [2.75, 3.05) is 11.9 Å². The molecule has 0 radical (unpaired) electrons. The minimum atomic E-state index is -0.940. The van der Waals surface area contributed by atoms with E-state index in [9.17, 15) is 4.79 Å². The minimum Gasteiger partial charge on any atom is -0.478 e. The van der Waals surface area contributed by atoms with E-state index in [0.29, 0.717) is 5.02 Å². The van der Waals surface area contributed by atoms with Crippen molar-refractivity contribution >= 4 is 28.9 Å². The molecule has 1 N–H and O–H groups in total. The van der Waals surface area contributed by atoms with E-state index in [1.165, 1.54) is 0 Å². The van der Waals surface area contributed by atoms with Gasteiger partial charge in [0.2, 0.25) is 0 Å². The van der Waals surface area contributed by atoms with Gasteiger partial charge >= 0.3 is 5.97 Å². The number of benzene rings is 2.